The van der Waals surface area contributed by atoms with E-state index in [4.69, 9.17) is 9.05 Å². The van der Waals surface area contributed by atoms with Crippen LogP contribution in [-0.4, -0.2) is 68.5 Å². The summed E-state index contributed by atoms with van der Waals surface area (Å²) < 4.78 is 22.9. The molecule has 0 saturated carbocycles. The fourth-order valence-corrected chi connectivity index (χ4v) is 5.16. The number of allylic oxidation sites excluding steroid dienone is 14. The number of likely N-dealkylation sites (N-methyl/N-ethyl adjacent to an activating group) is 1. The van der Waals surface area contributed by atoms with Gasteiger partial charge in [-0.05, 0) is 64.2 Å². The Kier molecular flexibility index (Phi) is 30.1. The van der Waals surface area contributed by atoms with Gasteiger partial charge in [-0.15, -0.1) is 0 Å². The Morgan fingerprint density at radius 2 is 1.22 bits per heavy atom. The molecule has 0 aliphatic carbocycles. The molecule has 2 N–H and O–H groups in total. The lowest BCUT2D eigenvalue weighted by molar-refractivity contribution is -0.870. The van der Waals surface area contributed by atoms with Crippen LogP contribution in [0.3, 0.4) is 0 Å². The fraction of sp³-hybridized carbons (Fsp3) is 0.625. The van der Waals surface area contributed by atoms with Crippen LogP contribution < -0.4 is 10.2 Å². The SMILES string of the molecule is CC/C=C\C/C=C\C/C=C\C/C=C\C/C=C\C/C=C\C/C=C\CCCC(=O)NC(COP(=O)([O-])OCC[N+](C)(C)C)C(O)CCCCCC. The van der Waals surface area contributed by atoms with E-state index >= 15 is 0 Å². The van der Waals surface area contributed by atoms with Crippen molar-refractivity contribution in [1.29, 1.82) is 0 Å². The summed E-state index contributed by atoms with van der Waals surface area (Å²) in [5.41, 5.74) is 0. The Labute approximate surface area is 299 Å². The normalized spacial score (nSPS) is 15.7. The number of carbonyl (C=O) groups excluding carboxylic acids is 1. The highest BCUT2D eigenvalue weighted by Crippen LogP contribution is 2.38. The maximum atomic E-state index is 12.6. The molecule has 9 heteroatoms. The number of aliphatic hydroxyl groups excluding tert-OH is 1. The molecule has 0 saturated heterocycles. The lowest BCUT2D eigenvalue weighted by Gasteiger charge is -2.30. The molecule has 0 aliphatic heterocycles. The van der Waals surface area contributed by atoms with E-state index in [9.17, 15) is 19.4 Å². The van der Waals surface area contributed by atoms with Crippen LogP contribution in [0, 0.1) is 0 Å². The zero-order valence-corrected chi connectivity index (χ0v) is 32.2. The molecule has 0 spiro atoms. The number of aliphatic hydroxyl groups is 1. The molecule has 3 atom stereocenters. The van der Waals surface area contributed by atoms with Gasteiger partial charge < -0.3 is 28.8 Å². The number of rotatable bonds is 31. The molecule has 0 heterocycles. The van der Waals surface area contributed by atoms with E-state index in [-0.39, 0.29) is 25.5 Å². The molecule has 8 nitrogen and oxygen atoms in total. The highest BCUT2D eigenvalue weighted by Gasteiger charge is 2.24. The molecule has 0 aromatic heterocycles. The molecule has 0 rings (SSSR count). The van der Waals surface area contributed by atoms with Crippen molar-refractivity contribution in [3.8, 4) is 0 Å². The zero-order valence-electron chi connectivity index (χ0n) is 31.3. The number of amides is 1. The summed E-state index contributed by atoms with van der Waals surface area (Å²) in [7, 11) is 1.24. The van der Waals surface area contributed by atoms with Gasteiger partial charge in [-0.2, -0.15) is 0 Å². The van der Waals surface area contributed by atoms with Crippen molar-refractivity contribution < 1.29 is 32.9 Å². The van der Waals surface area contributed by atoms with Gasteiger partial charge in [-0.3, -0.25) is 9.36 Å². The first-order valence-corrected chi connectivity index (χ1v) is 19.9. The van der Waals surface area contributed by atoms with Gasteiger partial charge in [0.1, 0.15) is 13.2 Å². The number of unbranched alkanes of at least 4 members (excludes halogenated alkanes) is 4. The number of nitrogens with zero attached hydrogens (tertiary/aromatic N) is 1. The molecule has 3 unspecified atom stereocenters. The Morgan fingerprint density at radius 3 is 1.69 bits per heavy atom. The number of nitrogens with one attached hydrogen (secondary N) is 1. The van der Waals surface area contributed by atoms with Gasteiger partial charge in [0.15, 0.2) is 0 Å². The second-order valence-corrected chi connectivity index (χ2v) is 14.6. The first-order chi connectivity index (χ1) is 23.5. The van der Waals surface area contributed by atoms with Crippen LogP contribution in [0.5, 0.6) is 0 Å². The molecular weight excluding hydrogens is 635 g/mol. The maximum Gasteiger partial charge on any atom is 0.268 e. The second kappa shape index (κ2) is 31.6. The van der Waals surface area contributed by atoms with E-state index < -0.39 is 20.0 Å². The molecule has 0 aromatic carbocycles. The smallest absolute Gasteiger partial charge is 0.268 e. The first-order valence-electron chi connectivity index (χ1n) is 18.4. The molecule has 49 heavy (non-hydrogen) atoms. The van der Waals surface area contributed by atoms with Gasteiger partial charge in [-0.1, -0.05) is 125 Å². The molecule has 0 aromatic rings. The highest BCUT2D eigenvalue weighted by molar-refractivity contribution is 7.45. The van der Waals surface area contributed by atoms with Crippen molar-refractivity contribution in [3.05, 3.63) is 85.1 Å². The molecule has 0 fully saturated rings. The summed E-state index contributed by atoms with van der Waals surface area (Å²) in [6.07, 6.45) is 42.3. The van der Waals surface area contributed by atoms with Gasteiger partial charge in [0.2, 0.25) is 5.91 Å². The van der Waals surface area contributed by atoms with Gasteiger partial charge >= 0.3 is 0 Å². The van der Waals surface area contributed by atoms with Crippen LogP contribution in [0.25, 0.3) is 0 Å². The van der Waals surface area contributed by atoms with Gasteiger partial charge in [-0.25, -0.2) is 0 Å². The quantitative estimate of drug-likeness (QED) is 0.0323. The minimum Gasteiger partial charge on any atom is -0.756 e. The van der Waals surface area contributed by atoms with E-state index in [2.05, 4.69) is 104 Å². The number of phosphoric ester groups is 1. The predicted molar refractivity (Wildman–Crippen MR) is 205 cm³/mol. The fourth-order valence-electron chi connectivity index (χ4n) is 4.44. The van der Waals surface area contributed by atoms with Gasteiger partial charge in [0, 0.05) is 6.42 Å². The van der Waals surface area contributed by atoms with Crippen molar-refractivity contribution in [2.24, 2.45) is 0 Å². The number of quaternary nitrogens is 1. The molecule has 0 radical (unpaired) electrons. The van der Waals surface area contributed by atoms with Crippen molar-refractivity contribution in [3.63, 3.8) is 0 Å². The van der Waals surface area contributed by atoms with Crippen LogP contribution in [0.4, 0.5) is 0 Å². The first kappa shape index (κ1) is 46.7. The second-order valence-electron chi connectivity index (χ2n) is 13.2. The summed E-state index contributed by atoms with van der Waals surface area (Å²) in [5, 5.41) is 13.5. The third kappa shape index (κ3) is 33.9. The third-order valence-electron chi connectivity index (χ3n) is 7.40. The Bertz CT molecular complexity index is 1070. The summed E-state index contributed by atoms with van der Waals surface area (Å²) in [4.78, 5) is 24.9. The van der Waals surface area contributed by atoms with Crippen molar-refractivity contribution in [2.45, 2.75) is 122 Å². The van der Waals surface area contributed by atoms with E-state index in [0.29, 0.717) is 23.9 Å². The molecule has 0 bridgehead atoms. The van der Waals surface area contributed by atoms with Crippen LogP contribution in [0.1, 0.15) is 110 Å². The zero-order chi connectivity index (χ0) is 36.5. The minimum absolute atomic E-state index is 0.00547. The van der Waals surface area contributed by atoms with Gasteiger partial charge in [0.05, 0.1) is 39.9 Å². The standard InChI is InChI=1S/C40H69N2O6P/c1-6-8-10-12-13-14-15-16-17-18-19-20-21-22-23-24-25-26-27-28-29-30-32-34-40(44)41-38(39(43)33-31-11-9-7-2)37-48-49(45,46)47-36-35-42(3,4)5/h8,10,13-14,16-17,19-20,22-23,25-26,28-29,38-39,43H,6-7,9,11-12,15,18,21,24,27,30-37H2,1-5H3,(H-,41,44,45,46)/b10-8-,14-13-,17-16-,20-19-,23-22-,26-25-,29-28-. The number of phosphoric acid groups is 1. The Balaban J connectivity index is 4.32. The number of carbonyl (C=O) groups is 1. The van der Waals surface area contributed by atoms with Crippen LogP contribution in [0.2, 0.25) is 0 Å². The Hall–Kier alpha value is -2.32. The topological polar surface area (TPSA) is 108 Å². The Morgan fingerprint density at radius 1 is 0.735 bits per heavy atom. The van der Waals surface area contributed by atoms with E-state index in [1.165, 1.54) is 0 Å². The number of hydrogen-bond acceptors (Lipinski definition) is 6. The highest BCUT2D eigenvalue weighted by atomic mass is 31.2. The molecular formula is C40H69N2O6P. The van der Waals surface area contributed by atoms with Crippen LogP contribution >= 0.6 is 7.82 Å². The van der Waals surface area contributed by atoms with E-state index in [0.717, 1.165) is 77.0 Å². The van der Waals surface area contributed by atoms with Gasteiger partial charge in [0.25, 0.3) is 7.82 Å². The van der Waals surface area contributed by atoms with E-state index in [1.54, 1.807) is 0 Å². The molecule has 280 valence electrons. The summed E-state index contributed by atoms with van der Waals surface area (Å²) in [6, 6.07) is -0.831. The summed E-state index contributed by atoms with van der Waals surface area (Å²) in [6.45, 7) is 4.38. The van der Waals surface area contributed by atoms with Crippen molar-refractivity contribution in [1.82, 2.24) is 5.32 Å². The summed E-state index contributed by atoms with van der Waals surface area (Å²) in [5.74, 6) is -0.238. The number of hydrogen-bond donors (Lipinski definition) is 2. The predicted octanol–water partition coefficient (Wildman–Crippen LogP) is 8.82. The maximum absolute atomic E-state index is 12.6. The minimum atomic E-state index is -4.56. The summed E-state index contributed by atoms with van der Waals surface area (Å²) >= 11 is 0. The third-order valence-corrected chi connectivity index (χ3v) is 8.36. The van der Waals surface area contributed by atoms with E-state index in [1.807, 2.05) is 21.1 Å². The average Bonchev–Trinajstić information content (AvgIpc) is 3.04. The van der Waals surface area contributed by atoms with Crippen molar-refractivity contribution >= 4 is 13.7 Å². The largest absolute Gasteiger partial charge is 0.756 e. The van der Waals surface area contributed by atoms with Crippen LogP contribution in [0.15, 0.2) is 85.1 Å². The lowest BCUT2D eigenvalue weighted by Crippen LogP contribution is -2.46. The van der Waals surface area contributed by atoms with Crippen molar-refractivity contribution in [2.75, 3.05) is 40.9 Å². The molecule has 1 amide bonds. The lowest BCUT2D eigenvalue weighted by atomic mass is 10.0. The average molecular weight is 705 g/mol. The molecule has 0 aliphatic rings. The van der Waals surface area contributed by atoms with Crippen LogP contribution in [-0.2, 0) is 18.4 Å². The monoisotopic (exact) mass is 704 g/mol.